The van der Waals surface area contributed by atoms with Gasteiger partial charge in [0.05, 0.1) is 6.33 Å². The van der Waals surface area contributed by atoms with Crippen molar-refractivity contribution in [3.63, 3.8) is 0 Å². The Morgan fingerprint density at radius 2 is 1.71 bits per heavy atom. The summed E-state index contributed by atoms with van der Waals surface area (Å²) < 4.78 is 0. The zero-order chi connectivity index (χ0) is 28.4. The zero-order valence-electron chi connectivity index (χ0n) is 21.5. The van der Waals surface area contributed by atoms with Crippen molar-refractivity contribution >= 4 is 57.0 Å². The third kappa shape index (κ3) is 9.55. The molecule has 1 aliphatic rings. The van der Waals surface area contributed by atoms with Crippen LogP contribution in [-0.4, -0.2) is 87.1 Å². The van der Waals surface area contributed by atoms with Crippen LogP contribution in [0.3, 0.4) is 0 Å². The largest absolute Gasteiger partial charge is 0.368 e. The molecule has 0 aliphatic carbocycles. The van der Waals surface area contributed by atoms with E-state index in [2.05, 4.69) is 36.6 Å². The number of H-pyrrole nitrogens is 1. The molecule has 1 aliphatic heterocycles. The van der Waals surface area contributed by atoms with Gasteiger partial charge in [-0.3, -0.25) is 28.8 Å². The third-order valence-corrected chi connectivity index (χ3v) is 7.94. The third-order valence-electron chi connectivity index (χ3n) is 5.52. The second kappa shape index (κ2) is 14.6. The highest BCUT2D eigenvalue weighted by Gasteiger charge is 2.32. The molecule has 1 aromatic heterocycles. The summed E-state index contributed by atoms with van der Waals surface area (Å²) in [7, 11) is 2.35. The summed E-state index contributed by atoms with van der Waals surface area (Å²) in [4.78, 5) is 82.6. The van der Waals surface area contributed by atoms with Gasteiger partial charge < -0.3 is 37.3 Å². The van der Waals surface area contributed by atoms with Gasteiger partial charge in [-0.2, -0.15) is 0 Å². The lowest BCUT2D eigenvalue weighted by molar-refractivity contribution is -0.135. The minimum atomic E-state index is -1.11. The maximum Gasteiger partial charge on any atom is 0.244 e. The predicted octanol–water partition coefficient (Wildman–Crippen LogP) is -2.05. The fourth-order valence-electron chi connectivity index (χ4n) is 3.41. The molecule has 8 N–H and O–H groups in total. The molecular formula is C22H34N8O6S2. The van der Waals surface area contributed by atoms with Crippen LogP contribution >= 0.6 is 21.6 Å². The maximum absolute atomic E-state index is 13.1. The van der Waals surface area contributed by atoms with Gasteiger partial charge in [-0.15, -0.1) is 0 Å². The number of hydrogen-bond acceptors (Lipinski definition) is 9. The van der Waals surface area contributed by atoms with Gasteiger partial charge >= 0.3 is 0 Å². The number of nitrogens with zero attached hydrogens (tertiary/aromatic N) is 1. The number of carbonyl (C=O) groups excluding carboxylic acids is 6. The number of aromatic nitrogens is 2. The Hall–Kier alpha value is -3.27. The number of imidazole rings is 1. The first-order chi connectivity index (χ1) is 17.9. The Morgan fingerprint density at radius 1 is 1.03 bits per heavy atom. The van der Waals surface area contributed by atoms with Gasteiger partial charge in [0.25, 0.3) is 0 Å². The van der Waals surface area contributed by atoms with E-state index in [1.807, 2.05) is 0 Å². The number of aromatic amines is 1. The summed E-state index contributed by atoms with van der Waals surface area (Å²) in [5.41, 5.74) is 6.02. The Labute approximate surface area is 227 Å². The van der Waals surface area contributed by atoms with Gasteiger partial charge in [-0.1, -0.05) is 35.4 Å². The molecule has 1 aromatic rings. The normalized spacial score (nSPS) is 26.4. The second-order valence-electron chi connectivity index (χ2n) is 9.09. The van der Waals surface area contributed by atoms with Crippen LogP contribution in [-0.2, 0) is 35.2 Å². The Morgan fingerprint density at radius 3 is 2.29 bits per heavy atom. The first-order valence-electron chi connectivity index (χ1n) is 11.9. The van der Waals surface area contributed by atoms with Gasteiger partial charge in [0.15, 0.2) is 0 Å². The van der Waals surface area contributed by atoms with Crippen molar-refractivity contribution in [2.75, 3.05) is 11.5 Å². The van der Waals surface area contributed by atoms with E-state index in [4.69, 9.17) is 5.73 Å². The monoisotopic (exact) mass is 570 g/mol. The molecule has 210 valence electrons. The SMILES string of the molecule is CC(=O)N[C@H]1CSSCC(C(N)=O)NC(=O)[C@H](C(C)C)NC(=O)[C@H](C)NC(=O)C(Cc2cnc[nH]2)NC1=O. The number of primary amides is 1. The van der Waals surface area contributed by atoms with Gasteiger partial charge in [-0.05, 0) is 12.8 Å². The summed E-state index contributed by atoms with van der Waals surface area (Å²) in [6, 6.07) is -5.23. The lowest BCUT2D eigenvalue weighted by Crippen LogP contribution is -2.59. The first kappa shape index (κ1) is 31.0. The van der Waals surface area contributed by atoms with Crippen molar-refractivity contribution in [3.8, 4) is 0 Å². The summed E-state index contributed by atoms with van der Waals surface area (Å²) >= 11 is 0. The molecule has 0 aromatic carbocycles. The molecule has 2 heterocycles. The van der Waals surface area contributed by atoms with Gasteiger partial charge in [0.2, 0.25) is 35.4 Å². The summed E-state index contributed by atoms with van der Waals surface area (Å²) in [6.07, 6.45) is 2.96. The van der Waals surface area contributed by atoms with Crippen LogP contribution < -0.4 is 32.3 Å². The second-order valence-corrected chi connectivity index (χ2v) is 11.6. The minimum Gasteiger partial charge on any atom is -0.368 e. The van der Waals surface area contributed by atoms with E-state index >= 15 is 0 Å². The molecule has 14 nitrogen and oxygen atoms in total. The zero-order valence-corrected chi connectivity index (χ0v) is 23.2. The lowest BCUT2D eigenvalue weighted by Gasteiger charge is -2.26. The van der Waals surface area contributed by atoms with Crippen molar-refractivity contribution in [1.29, 1.82) is 0 Å². The predicted molar refractivity (Wildman–Crippen MR) is 142 cm³/mol. The van der Waals surface area contributed by atoms with Crippen LogP contribution in [0.25, 0.3) is 0 Å². The molecular weight excluding hydrogens is 536 g/mol. The van der Waals surface area contributed by atoms with E-state index in [1.54, 1.807) is 13.8 Å². The maximum atomic E-state index is 13.1. The molecule has 5 atom stereocenters. The van der Waals surface area contributed by atoms with E-state index in [1.165, 1.54) is 48.0 Å². The average Bonchev–Trinajstić information content (AvgIpc) is 3.34. The highest BCUT2D eigenvalue weighted by Crippen LogP contribution is 2.23. The van der Waals surface area contributed by atoms with E-state index in [-0.39, 0.29) is 23.8 Å². The van der Waals surface area contributed by atoms with Crippen LogP contribution in [0.1, 0.15) is 33.4 Å². The number of nitrogens with two attached hydrogens (primary N) is 1. The van der Waals surface area contributed by atoms with Crippen molar-refractivity contribution in [2.24, 2.45) is 11.7 Å². The molecule has 1 fully saturated rings. The smallest absolute Gasteiger partial charge is 0.244 e. The molecule has 0 radical (unpaired) electrons. The highest BCUT2D eigenvalue weighted by atomic mass is 33.1. The number of nitrogens with one attached hydrogen (secondary N) is 6. The molecule has 0 saturated carbocycles. The molecule has 0 spiro atoms. The van der Waals surface area contributed by atoms with Gasteiger partial charge in [-0.25, -0.2) is 4.98 Å². The average molecular weight is 571 g/mol. The number of rotatable bonds is 5. The topological polar surface area (TPSA) is 217 Å². The Kier molecular flexibility index (Phi) is 11.9. The Balaban J connectivity index is 2.36. The van der Waals surface area contributed by atoms with E-state index in [0.717, 1.165) is 0 Å². The van der Waals surface area contributed by atoms with Crippen molar-refractivity contribution < 1.29 is 28.8 Å². The van der Waals surface area contributed by atoms with Crippen LogP contribution in [0.15, 0.2) is 12.5 Å². The van der Waals surface area contributed by atoms with Crippen LogP contribution in [0.5, 0.6) is 0 Å². The highest BCUT2D eigenvalue weighted by molar-refractivity contribution is 8.76. The minimum absolute atomic E-state index is 0.0396. The van der Waals surface area contributed by atoms with E-state index < -0.39 is 65.7 Å². The fourth-order valence-corrected chi connectivity index (χ4v) is 5.75. The van der Waals surface area contributed by atoms with Crippen LogP contribution in [0.4, 0.5) is 0 Å². The summed E-state index contributed by atoms with van der Waals surface area (Å²) in [6.45, 7) is 6.13. The lowest BCUT2D eigenvalue weighted by atomic mass is 10.0. The van der Waals surface area contributed by atoms with Crippen LogP contribution in [0.2, 0.25) is 0 Å². The standard InChI is InChI=1S/C22H34N8O6S2/c1-10(2)17-22(36)29-15(18(23)32)7-37-38-8-16(27-12(4)31)21(35)28-14(5-13-6-24-9-25-13)20(34)26-11(3)19(33)30-17/h6,9-11,14-17H,5,7-8H2,1-4H3,(H2,23,32)(H,24,25)(H,26,34)(H,27,31)(H,28,35)(H,29,36)(H,30,33)/t11-,14?,15?,16-,17-/m0/s1. The number of carbonyl (C=O) groups is 6. The number of hydrogen-bond donors (Lipinski definition) is 7. The van der Waals surface area contributed by atoms with Crippen molar-refractivity contribution in [3.05, 3.63) is 18.2 Å². The van der Waals surface area contributed by atoms with Crippen molar-refractivity contribution in [1.82, 2.24) is 36.6 Å². The van der Waals surface area contributed by atoms with E-state index in [0.29, 0.717) is 5.69 Å². The molecule has 2 unspecified atom stereocenters. The first-order valence-corrected chi connectivity index (χ1v) is 14.4. The summed E-state index contributed by atoms with van der Waals surface area (Å²) in [5.74, 6) is -3.89. The quantitative estimate of drug-likeness (QED) is 0.194. The van der Waals surface area contributed by atoms with Gasteiger partial charge in [0.1, 0.15) is 30.2 Å². The molecule has 1 saturated heterocycles. The Bertz CT molecular complexity index is 1020. The van der Waals surface area contributed by atoms with Gasteiger partial charge in [0, 0.05) is 36.7 Å². The van der Waals surface area contributed by atoms with Crippen LogP contribution in [0, 0.1) is 5.92 Å². The van der Waals surface area contributed by atoms with Crippen molar-refractivity contribution in [2.45, 2.75) is 64.3 Å². The molecule has 0 bridgehead atoms. The molecule has 6 amide bonds. The summed E-state index contributed by atoms with van der Waals surface area (Å²) in [5, 5.41) is 12.9. The van der Waals surface area contributed by atoms with E-state index in [9.17, 15) is 28.8 Å². The molecule has 16 heteroatoms. The molecule has 38 heavy (non-hydrogen) atoms. The molecule has 2 rings (SSSR count). The fraction of sp³-hybridized carbons (Fsp3) is 0.591. The number of amides is 6.